The molecule has 0 unspecified atom stereocenters. The Labute approximate surface area is 184 Å². The Kier molecular flexibility index (Phi) is 7.81. The standard InChI is InChI=1S/C22H25BrFN3O3/c1-2-16-5-3-4-6-19(16)25-21(28)14-26-9-11-27(12-10-26)22(29)15-30-20-8-7-17(23)13-18(20)24/h3-8,13H,2,9-12,14-15H2,1H3,(H,25,28). The molecule has 1 N–H and O–H groups in total. The highest BCUT2D eigenvalue weighted by atomic mass is 79.9. The maximum absolute atomic E-state index is 13.8. The first-order valence-electron chi connectivity index (χ1n) is 9.92. The molecule has 1 aliphatic rings. The minimum atomic E-state index is -0.516. The minimum absolute atomic E-state index is 0.0502. The number of nitrogens with one attached hydrogen (secondary N) is 1. The van der Waals surface area contributed by atoms with Gasteiger partial charge < -0.3 is 15.0 Å². The third kappa shape index (κ3) is 6.03. The topological polar surface area (TPSA) is 61.9 Å². The van der Waals surface area contributed by atoms with Crippen molar-refractivity contribution in [2.45, 2.75) is 13.3 Å². The van der Waals surface area contributed by atoms with Gasteiger partial charge in [0.15, 0.2) is 18.2 Å². The zero-order valence-electron chi connectivity index (χ0n) is 16.9. The molecule has 1 heterocycles. The van der Waals surface area contributed by atoms with Crippen LogP contribution in [0.3, 0.4) is 0 Å². The van der Waals surface area contributed by atoms with Crippen LogP contribution in [0.4, 0.5) is 10.1 Å². The van der Waals surface area contributed by atoms with Crippen molar-refractivity contribution < 1.29 is 18.7 Å². The number of amides is 2. The van der Waals surface area contributed by atoms with Gasteiger partial charge in [-0.3, -0.25) is 14.5 Å². The molecule has 8 heteroatoms. The summed E-state index contributed by atoms with van der Waals surface area (Å²) in [5.74, 6) is -0.727. The van der Waals surface area contributed by atoms with E-state index in [4.69, 9.17) is 4.74 Å². The van der Waals surface area contributed by atoms with E-state index < -0.39 is 5.82 Å². The van der Waals surface area contributed by atoms with Gasteiger partial charge >= 0.3 is 0 Å². The first kappa shape index (κ1) is 22.2. The molecule has 0 atom stereocenters. The largest absolute Gasteiger partial charge is 0.481 e. The number of carbonyl (C=O) groups excluding carboxylic acids is 2. The van der Waals surface area contributed by atoms with Crippen LogP contribution in [-0.4, -0.2) is 60.9 Å². The maximum atomic E-state index is 13.8. The average Bonchev–Trinajstić information content (AvgIpc) is 2.74. The van der Waals surface area contributed by atoms with Crippen molar-refractivity contribution in [2.75, 3.05) is 44.6 Å². The van der Waals surface area contributed by atoms with Gasteiger partial charge in [0.25, 0.3) is 5.91 Å². The van der Waals surface area contributed by atoms with Crippen molar-refractivity contribution in [1.29, 1.82) is 0 Å². The molecule has 6 nitrogen and oxygen atoms in total. The lowest BCUT2D eigenvalue weighted by atomic mass is 10.1. The Morgan fingerprint density at radius 2 is 1.87 bits per heavy atom. The molecule has 0 radical (unpaired) electrons. The smallest absolute Gasteiger partial charge is 0.260 e. The molecular weight excluding hydrogens is 453 g/mol. The number of nitrogens with zero attached hydrogens (tertiary/aromatic N) is 2. The summed E-state index contributed by atoms with van der Waals surface area (Å²) in [4.78, 5) is 28.4. The second kappa shape index (κ2) is 10.5. The molecule has 1 saturated heterocycles. The third-order valence-corrected chi connectivity index (χ3v) is 5.50. The summed E-state index contributed by atoms with van der Waals surface area (Å²) in [6.07, 6.45) is 0.851. The molecule has 30 heavy (non-hydrogen) atoms. The van der Waals surface area contributed by atoms with Crippen LogP contribution in [0.1, 0.15) is 12.5 Å². The highest BCUT2D eigenvalue weighted by molar-refractivity contribution is 9.10. The summed E-state index contributed by atoms with van der Waals surface area (Å²) in [7, 11) is 0. The van der Waals surface area contributed by atoms with Gasteiger partial charge in [0.2, 0.25) is 5.91 Å². The van der Waals surface area contributed by atoms with E-state index in [1.807, 2.05) is 29.2 Å². The summed E-state index contributed by atoms with van der Waals surface area (Å²) >= 11 is 3.18. The normalized spacial score (nSPS) is 14.4. The number of para-hydroxylation sites is 1. The molecular formula is C22H25BrFN3O3. The van der Waals surface area contributed by atoms with Gasteiger partial charge in [0, 0.05) is 36.3 Å². The second-order valence-corrected chi connectivity index (χ2v) is 7.99. The highest BCUT2D eigenvalue weighted by Crippen LogP contribution is 2.21. The number of hydrogen-bond acceptors (Lipinski definition) is 4. The van der Waals surface area contributed by atoms with Crippen molar-refractivity contribution >= 4 is 33.4 Å². The molecule has 2 amide bonds. The quantitative estimate of drug-likeness (QED) is 0.664. The van der Waals surface area contributed by atoms with Gasteiger partial charge in [-0.2, -0.15) is 0 Å². The zero-order chi connectivity index (χ0) is 21.5. The molecule has 160 valence electrons. The number of rotatable bonds is 7. The summed E-state index contributed by atoms with van der Waals surface area (Å²) < 4.78 is 19.7. The van der Waals surface area contributed by atoms with Crippen LogP contribution in [0.5, 0.6) is 5.75 Å². The van der Waals surface area contributed by atoms with E-state index in [0.717, 1.165) is 17.7 Å². The van der Waals surface area contributed by atoms with Gasteiger partial charge in [-0.05, 0) is 36.2 Å². The van der Waals surface area contributed by atoms with Gasteiger partial charge in [-0.15, -0.1) is 0 Å². The second-order valence-electron chi connectivity index (χ2n) is 7.08. The first-order valence-corrected chi connectivity index (χ1v) is 10.7. The summed E-state index contributed by atoms with van der Waals surface area (Å²) in [6, 6.07) is 12.2. The fourth-order valence-electron chi connectivity index (χ4n) is 3.32. The lowest BCUT2D eigenvalue weighted by Gasteiger charge is -2.34. The van der Waals surface area contributed by atoms with Crippen molar-refractivity contribution in [3.8, 4) is 5.75 Å². The number of benzene rings is 2. The van der Waals surface area contributed by atoms with Crippen LogP contribution < -0.4 is 10.1 Å². The van der Waals surface area contributed by atoms with Crippen LogP contribution in [0.15, 0.2) is 46.9 Å². The zero-order valence-corrected chi connectivity index (χ0v) is 18.5. The number of ether oxygens (including phenoxy) is 1. The van der Waals surface area contributed by atoms with E-state index in [1.54, 1.807) is 11.0 Å². The molecule has 3 rings (SSSR count). The van der Waals surface area contributed by atoms with E-state index >= 15 is 0 Å². The van der Waals surface area contributed by atoms with Crippen LogP contribution in [-0.2, 0) is 16.0 Å². The maximum Gasteiger partial charge on any atom is 0.260 e. The SMILES string of the molecule is CCc1ccccc1NC(=O)CN1CCN(C(=O)COc2ccc(Br)cc2F)CC1. The third-order valence-electron chi connectivity index (χ3n) is 5.01. The van der Waals surface area contributed by atoms with Gasteiger partial charge in [0.1, 0.15) is 0 Å². The van der Waals surface area contributed by atoms with Gasteiger partial charge in [0.05, 0.1) is 6.54 Å². The summed E-state index contributed by atoms with van der Waals surface area (Å²) in [5.41, 5.74) is 1.94. The van der Waals surface area contributed by atoms with Crippen LogP contribution in [0.25, 0.3) is 0 Å². The lowest BCUT2D eigenvalue weighted by molar-refractivity contribution is -0.135. The predicted octanol–water partition coefficient (Wildman–Crippen LogP) is 3.31. The highest BCUT2D eigenvalue weighted by Gasteiger charge is 2.23. The van der Waals surface area contributed by atoms with E-state index in [0.29, 0.717) is 30.7 Å². The molecule has 1 fully saturated rings. The Bertz CT molecular complexity index is 901. The van der Waals surface area contributed by atoms with Gasteiger partial charge in [-0.1, -0.05) is 41.1 Å². The Balaban J connectivity index is 1.42. The molecule has 0 spiro atoms. The molecule has 2 aromatic carbocycles. The van der Waals surface area contributed by atoms with Gasteiger partial charge in [-0.25, -0.2) is 4.39 Å². The molecule has 2 aromatic rings. The van der Waals surface area contributed by atoms with Crippen molar-refractivity contribution in [1.82, 2.24) is 9.80 Å². The summed E-state index contributed by atoms with van der Waals surface area (Å²) in [5, 5.41) is 2.97. The number of piperazine rings is 1. The van der Waals surface area contributed by atoms with Crippen molar-refractivity contribution in [2.24, 2.45) is 0 Å². The molecule has 0 bridgehead atoms. The van der Waals surface area contributed by atoms with Crippen LogP contribution in [0.2, 0.25) is 0 Å². The Morgan fingerprint density at radius 3 is 2.57 bits per heavy atom. The number of carbonyl (C=O) groups is 2. The molecule has 0 aromatic heterocycles. The average molecular weight is 478 g/mol. The van der Waals surface area contributed by atoms with Crippen molar-refractivity contribution in [3.05, 3.63) is 58.3 Å². The fraction of sp³-hybridized carbons (Fsp3) is 0.364. The minimum Gasteiger partial charge on any atom is -0.481 e. The van der Waals surface area contributed by atoms with Crippen LogP contribution >= 0.6 is 15.9 Å². The predicted molar refractivity (Wildman–Crippen MR) is 117 cm³/mol. The lowest BCUT2D eigenvalue weighted by Crippen LogP contribution is -2.51. The number of halogens is 2. The number of anilines is 1. The van der Waals surface area contributed by atoms with E-state index in [-0.39, 0.29) is 30.7 Å². The number of hydrogen-bond donors (Lipinski definition) is 1. The fourth-order valence-corrected chi connectivity index (χ4v) is 3.65. The number of aryl methyl sites for hydroxylation is 1. The van der Waals surface area contributed by atoms with E-state index in [2.05, 4.69) is 28.2 Å². The summed E-state index contributed by atoms with van der Waals surface area (Å²) in [6.45, 7) is 4.32. The Hall–Kier alpha value is -2.45. The van der Waals surface area contributed by atoms with Crippen LogP contribution in [0, 0.1) is 5.82 Å². The Morgan fingerprint density at radius 1 is 1.13 bits per heavy atom. The monoisotopic (exact) mass is 477 g/mol. The first-order chi connectivity index (χ1) is 14.5. The van der Waals surface area contributed by atoms with E-state index in [1.165, 1.54) is 12.1 Å². The molecule has 0 aliphatic carbocycles. The van der Waals surface area contributed by atoms with E-state index in [9.17, 15) is 14.0 Å². The molecule has 0 saturated carbocycles. The van der Waals surface area contributed by atoms with Crippen molar-refractivity contribution in [3.63, 3.8) is 0 Å². The molecule has 1 aliphatic heterocycles.